The Morgan fingerprint density at radius 3 is 2.50 bits per heavy atom. The summed E-state index contributed by atoms with van der Waals surface area (Å²) >= 11 is 0. The molecule has 0 spiro atoms. The summed E-state index contributed by atoms with van der Waals surface area (Å²) in [5.74, 6) is 2.08. The predicted octanol–water partition coefficient (Wildman–Crippen LogP) is 1.68. The van der Waals surface area contributed by atoms with Crippen molar-refractivity contribution in [3.05, 3.63) is 0 Å². The molecule has 3 aliphatic rings. The molecule has 0 heterocycles. The molecule has 3 rings (SSSR count). The highest BCUT2D eigenvalue weighted by Gasteiger charge is 2.47. The summed E-state index contributed by atoms with van der Waals surface area (Å²) in [6.07, 6.45) is 7.56. The SMILES string of the molecule is CC1(O)CCCC1NC1CC2CC2C1. The number of fused-ring (bicyclic) bond motifs is 1. The average molecular weight is 195 g/mol. The lowest BCUT2D eigenvalue weighted by molar-refractivity contribution is 0.0349. The third-order valence-corrected chi connectivity index (χ3v) is 4.61. The Kier molecular flexibility index (Phi) is 1.94. The summed E-state index contributed by atoms with van der Waals surface area (Å²) in [4.78, 5) is 0. The molecule has 2 heteroatoms. The molecule has 0 bridgehead atoms. The van der Waals surface area contributed by atoms with E-state index in [1.165, 1.54) is 32.1 Å². The van der Waals surface area contributed by atoms with Crippen molar-refractivity contribution in [1.82, 2.24) is 5.32 Å². The predicted molar refractivity (Wildman–Crippen MR) is 56.0 cm³/mol. The van der Waals surface area contributed by atoms with Crippen LogP contribution in [0.3, 0.4) is 0 Å². The summed E-state index contributed by atoms with van der Waals surface area (Å²) in [5.41, 5.74) is -0.438. The Hall–Kier alpha value is -0.0800. The molecule has 3 aliphatic carbocycles. The molecule has 3 fully saturated rings. The molecule has 0 aromatic heterocycles. The van der Waals surface area contributed by atoms with E-state index in [1.807, 2.05) is 6.92 Å². The summed E-state index contributed by atoms with van der Waals surface area (Å²) < 4.78 is 0. The van der Waals surface area contributed by atoms with Crippen LogP contribution in [0.5, 0.6) is 0 Å². The minimum atomic E-state index is -0.438. The van der Waals surface area contributed by atoms with Crippen LogP contribution in [0.2, 0.25) is 0 Å². The summed E-state index contributed by atoms with van der Waals surface area (Å²) in [7, 11) is 0. The number of hydrogen-bond acceptors (Lipinski definition) is 2. The van der Waals surface area contributed by atoms with Crippen LogP contribution in [0.1, 0.15) is 45.4 Å². The van der Waals surface area contributed by atoms with E-state index in [0.29, 0.717) is 12.1 Å². The highest BCUT2D eigenvalue weighted by molar-refractivity contribution is 5.02. The van der Waals surface area contributed by atoms with Crippen LogP contribution in [0, 0.1) is 11.8 Å². The Bertz CT molecular complexity index is 228. The van der Waals surface area contributed by atoms with E-state index in [1.54, 1.807) is 0 Å². The van der Waals surface area contributed by atoms with E-state index in [4.69, 9.17) is 0 Å². The summed E-state index contributed by atoms with van der Waals surface area (Å²) in [5, 5.41) is 13.8. The van der Waals surface area contributed by atoms with Gasteiger partial charge in [-0.05, 0) is 57.3 Å². The molecule has 2 nitrogen and oxygen atoms in total. The third-order valence-electron chi connectivity index (χ3n) is 4.61. The van der Waals surface area contributed by atoms with Gasteiger partial charge in [-0.2, -0.15) is 0 Å². The molecule has 0 aromatic rings. The van der Waals surface area contributed by atoms with Gasteiger partial charge in [0.2, 0.25) is 0 Å². The summed E-state index contributed by atoms with van der Waals surface area (Å²) in [6.45, 7) is 1.99. The molecule has 0 saturated heterocycles. The molecule has 0 radical (unpaired) electrons. The van der Waals surface area contributed by atoms with Crippen LogP contribution < -0.4 is 5.32 Å². The number of nitrogens with one attached hydrogen (secondary N) is 1. The van der Waals surface area contributed by atoms with Gasteiger partial charge < -0.3 is 10.4 Å². The van der Waals surface area contributed by atoms with Crippen LogP contribution in [0.4, 0.5) is 0 Å². The second-order valence-corrected chi connectivity index (χ2v) is 5.89. The van der Waals surface area contributed by atoms with Crippen molar-refractivity contribution in [3.8, 4) is 0 Å². The van der Waals surface area contributed by atoms with Crippen LogP contribution in [-0.4, -0.2) is 22.8 Å². The lowest BCUT2D eigenvalue weighted by Gasteiger charge is -2.30. The zero-order valence-electron chi connectivity index (χ0n) is 9.00. The molecular weight excluding hydrogens is 174 g/mol. The fourth-order valence-corrected chi connectivity index (χ4v) is 3.55. The zero-order valence-corrected chi connectivity index (χ0v) is 9.00. The van der Waals surface area contributed by atoms with E-state index >= 15 is 0 Å². The Morgan fingerprint density at radius 2 is 1.93 bits per heavy atom. The smallest absolute Gasteiger partial charge is 0.0772 e. The normalized spacial score (nSPS) is 56.1. The molecule has 0 aliphatic heterocycles. The standard InChI is InChI=1S/C12H21NO/c1-12(14)4-2-3-11(12)13-10-6-8-5-9(8)7-10/h8-11,13-14H,2-7H2,1H3. The first-order chi connectivity index (χ1) is 6.65. The van der Waals surface area contributed by atoms with Crippen LogP contribution in [0.25, 0.3) is 0 Å². The van der Waals surface area contributed by atoms with Crippen molar-refractivity contribution in [2.45, 2.75) is 63.1 Å². The largest absolute Gasteiger partial charge is 0.389 e. The van der Waals surface area contributed by atoms with Gasteiger partial charge in [-0.3, -0.25) is 0 Å². The monoisotopic (exact) mass is 195 g/mol. The first-order valence-electron chi connectivity index (χ1n) is 6.13. The Balaban J connectivity index is 1.56. The fraction of sp³-hybridized carbons (Fsp3) is 1.00. The number of hydrogen-bond donors (Lipinski definition) is 2. The lowest BCUT2D eigenvalue weighted by Crippen LogP contribution is -2.48. The van der Waals surface area contributed by atoms with Gasteiger partial charge in [-0.15, -0.1) is 0 Å². The minimum Gasteiger partial charge on any atom is -0.389 e. The van der Waals surface area contributed by atoms with E-state index in [2.05, 4.69) is 5.32 Å². The molecule has 4 atom stereocenters. The molecular formula is C12H21NO. The quantitative estimate of drug-likeness (QED) is 0.702. The molecule has 3 saturated carbocycles. The number of rotatable bonds is 2. The maximum Gasteiger partial charge on any atom is 0.0772 e. The van der Waals surface area contributed by atoms with Gasteiger partial charge in [-0.1, -0.05) is 0 Å². The maximum atomic E-state index is 10.1. The van der Waals surface area contributed by atoms with Crippen molar-refractivity contribution >= 4 is 0 Å². The van der Waals surface area contributed by atoms with Gasteiger partial charge in [0.25, 0.3) is 0 Å². The first-order valence-corrected chi connectivity index (χ1v) is 6.13. The summed E-state index contributed by atoms with van der Waals surface area (Å²) in [6, 6.07) is 1.08. The van der Waals surface area contributed by atoms with E-state index in [-0.39, 0.29) is 0 Å². The first kappa shape index (κ1) is 9.17. The molecule has 14 heavy (non-hydrogen) atoms. The molecule has 0 aromatic carbocycles. The minimum absolute atomic E-state index is 0.366. The van der Waals surface area contributed by atoms with Gasteiger partial charge in [0.1, 0.15) is 0 Å². The van der Waals surface area contributed by atoms with E-state index in [9.17, 15) is 5.11 Å². The van der Waals surface area contributed by atoms with E-state index < -0.39 is 5.60 Å². The van der Waals surface area contributed by atoms with E-state index in [0.717, 1.165) is 18.3 Å². The molecule has 0 amide bonds. The number of aliphatic hydroxyl groups is 1. The lowest BCUT2D eigenvalue weighted by atomic mass is 9.99. The topological polar surface area (TPSA) is 32.3 Å². The Morgan fingerprint density at radius 1 is 1.21 bits per heavy atom. The van der Waals surface area contributed by atoms with Gasteiger partial charge >= 0.3 is 0 Å². The Labute approximate surface area is 86.1 Å². The molecule has 4 unspecified atom stereocenters. The maximum absolute atomic E-state index is 10.1. The van der Waals surface area contributed by atoms with Gasteiger partial charge in [0.15, 0.2) is 0 Å². The zero-order chi connectivity index (χ0) is 9.76. The van der Waals surface area contributed by atoms with Crippen LogP contribution in [-0.2, 0) is 0 Å². The van der Waals surface area contributed by atoms with Crippen molar-refractivity contribution in [1.29, 1.82) is 0 Å². The average Bonchev–Trinajstić information content (AvgIpc) is 2.57. The van der Waals surface area contributed by atoms with Gasteiger partial charge in [-0.25, -0.2) is 0 Å². The van der Waals surface area contributed by atoms with Gasteiger partial charge in [0.05, 0.1) is 5.60 Å². The van der Waals surface area contributed by atoms with Crippen molar-refractivity contribution < 1.29 is 5.11 Å². The third kappa shape index (κ3) is 1.49. The highest BCUT2D eigenvalue weighted by Crippen LogP contribution is 2.52. The molecule has 80 valence electrons. The second kappa shape index (κ2) is 2.96. The van der Waals surface area contributed by atoms with Gasteiger partial charge in [0, 0.05) is 12.1 Å². The fourth-order valence-electron chi connectivity index (χ4n) is 3.55. The second-order valence-electron chi connectivity index (χ2n) is 5.89. The van der Waals surface area contributed by atoms with Crippen molar-refractivity contribution in [2.24, 2.45) is 11.8 Å². The van der Waals surface area contributed by atoms with Crippen molar-refractivity contribution in [3.63, 3.8) is 0 Å². The van der Waals surface area contributed by atoms with Crippen molar-refractivity contribution in [2.75, 3.05) is 0 Å². The van der Waals surface area contributed by atoms with Crippen LogP contribution in [0.15, 0.2) is 0 Å². The molecule has 2 N–H and O–H groups in total. The van der Waals surface area contributed by atoms with Crippen LogP contribution >= 0.6 is 0 Å². The highest BCUT2D eigenvalue weighted by atomic mass is 16.3.